The summed E-state index contributed by atoms with van der Waals surface area (Å²) in [5, 5.41) is 0. The van der Waals surface area contributed by atoms with Gasteiger partial charge in [-0.05, 0) is 0 Å². The molecule has 0 amide bonds. The third-order valence-electron chi connectivity index (χ3n) is 0. The van der Waals surface area contributed by atoms with E-state index in [1.54, 1.807) is 0 Å². The molecule has 0 saturated carbocycles. The van der Waals surface area contributed by atoms with Crippen molar-refractivity contribution in [3.05, 3.63) is 0 Å². The predicted molar refractivity (Wildman–Crippen MR) is 35.7 cm³/mol. The molecule has 0 saturated heterocycles. The van der Waals surface area contributed by atoms with E-state index >= 15 is 0 Å². The van der Waals surface area contributed by atoms with Gasteiger partial charge < -0.3 is 19.2 Å². The second kappa shape index (κ2) is 8.64. The van der Waals surface area contributed by atoms with E-state index in [-0.39, 0.29) is 46.7 Å². The Kier molecular flexibility index (Phi) is 24.4. The van der Waals surface area contributed by atoms with Gasteiger partial charge in [-0.2, -0.15) is 9.90 Å². The van der Waals surface area contributed by atoms with Crippen molar-refractivity contribution in [1.29, 1.82) is 0 Å². The molecule has 8 heavy (non-hydrogen) atoms. The fraction of sp³-hybridized carbons (Fsp3) is 0. The van der Waals surface area contributed by atoms with Crippen LogP contribution in [0.5, 0.6) is 0 Å². The first-order valence-electron chi connectivity index (χ1n) is 0.894. The summed E-state index contributed by atoms with van der Waals surface area (Å²) in [6, 6.07) is 0. The molecule has 0 bridgehead atoms. The van der Waals surface area contributed by atoms with Crippen molar-refractivity contribution in [3.8, 4) is 0 Å². The van der Waals surface area contributed by atoms with Crippen LogP contribution in [-0.2, 0) is 19.5 Å². The Hall–Kier alpha value is 1.64. The Labute approximate surface area is 74.9 Å². The maximum Gasteiger partial charge on any atom is 0.668 e. The molecule has 48 valence electrons. The van der Waals surface area contributed by atoms with Crippen molar-refractivity contribution in [2.75, 3.05) is 0 Å². The minimum atomic E-state index is -4.61. The topological polar surface area (TPSA) is 80.9 Å². The van der Waals surface area contributed by atoms with Gasteiger partial charge in [0, 0.05) is 19.5 Å². The Morgan fingerprint density at radius 2 is 0.875 bits per heavy atom. The molecule has 0 rings (SSSR count). The first-order valence-corrected chi connectivity index (χ1v) is 2.68. The van der Waals surface area contributed by atoms with Crippen LogP contribution in [0, 0.1) is 0 Å². The fourth-order valence-electron chi connectivity index (χ4n) is 0. The molecule has 0 aromatic rings. The summed E-state index contributed by atoms with van der Waals surface area (Å²) >= 11 is 0. The van der Waals surface area contributed by atoms with Gasteiger partial charge in [0.2, 0.25) is 0 Å². The van der Waals surface area contributed by atoms with Crippen LogP contribution in [0.1, 0.15) is 0 Å². The zero-order valence-corrected chi connectivity index (χ0v) is 9.08. The van der Waals surface area contributed by atoms with E-state index in [0.29, 0.717) is 0 Å². The molecule has 0 aromatic carbocycles. The molecule has 0 heterocycles. The molecular weight excluding hydrogens is 215 g/mol. The monoisotopic (exact) mass is 224 g/mol. The van der Waals surface area contributed by atoms with Gasteiger partial charge in [-0.25, -0.2) is 0 Å². The van der Waals surface area contributed by atoms with Crippen molar-refractivity contribution < 1.29 is 38.7 Å². The molecule has 4 N–H and O–H groups in total. The molecule has 4 nitrogen and oxygen atoms in total. The van der Waals surface area contributed by atoms with E-state index in [0.717, 1.165) is 0 Å². The predicted octanol–water partition coefficient (Wildman–Crippen LogP) is -3.74. The van der Waals surface area contributed by atoms with Crippen LogP contribution in [0.4, 0.5) is 0 Å². The van der Waals surface area contributed by atoms with Gasteiger partial charge in [0.1, 0.15) is 0 Å². The Balaban J connectivity index is -0.0000000267. The average Bonchev–Trinajstić information content (AvgIpc) is 0.722. The summed E-state index contributed by atoms with van der Waals surface area (Å²) in [7, 11) is -4.61. The number of hydrogen-bond donors (Lipinski definition) is 4. The number of hydrogen-bond acceptors (Lipinski definition) is 4. The molecular formula is H10AlO4PSiZn. The normalized spacial score (nSPS) is 7.50. The average molecular weight is 226 g/mol. The maximum absolute atomic E-state index is 7.33. The summed E-state index contributed by atoms with van der Waals surface area (Å²) in [5.74, 6) is 0. The fourth-order valence-corrected chi connectivity index (χ4v) is 0. The summed E-state index contributed by atoms with van der Waals surface area (Å²) in [5.41, 5.74) is 0. The van der Waals surface area contributed by atoms with Crippen molar-refractivity contribution in [1.82, 2.24) is 0 Å². The van der Waals surface area contributed by atoms with Crippen LogP contribution in [0.3, 0.4) is 0 Å². The Bertz CT molecular complexity index is 31.5. The molecule has 1 unspecified atom stereocenters. The zero-order valence-electron chi connectivity index (χ0n) is 3.70. The summed E-state index contributed by atoms with van der Waals surface area (Å²) in [4.78, 5) is 29.3. The standard InChI is InChI=1S/Al.H4O4Si.H3P.Zn.3H/c;1-5(2,3)4;;;;;/h;1-4H;1H3;;;;. The Morgan fingerprint density at radius 3 is 0.875 bits per heavy atom. The summed E-state index contributed by atoms with van der Waals surface area (Å²) in [6.45, 7) is 0. The van der Waals surface area contributed by atoms with Gasteiger partial charge in [0.25, 0.3) is 0 Å². The van der Waals surface area contributed by atoms with Crippen LogP contribution in [0.2, 0.25) is 0 Å². The molecule has 1 atom stereocenters. The Morgan fingerprint density at radius 1 is 0.875 bits per heavy atom. The molecule has 0 aliphatic heterocycles. The van der Waals surface area contributed by atoms with E-state index < -0.39 is 9.05 Å². The SMILES string of the molecule is O[Si](O)(O)O.P.[AlH3].[Zn]. The second-order valence-corrected chi connectivity index (χ2v) is 1.80. The summed E-state index contributed by atoms with van der Waals surface area (Å²) in [6.07, 6.45) is 0. The van der Waals surface area contributed by atoms with Gasteiger partial charge in [-0.15, -0.1) is 0 Å². The van der Waals surface area contributed by atoms with Gasteiger partial charge in [0.05, 0.1) is 0 Å². The molecule has 0 radical (unpaired) electrons. The molecule has 8 heteroatoms. The van der Waals surface area contributed by atoms with Crippen molar-refractivity contribution in [3.63, 3.8) is 0 Å². The van der Waals surface area contributed by atoms with Gasteiger partial charge in [0.15, 0.2) is 17.4 Å². The number of rotatable bonds is 0. The van der Waals surface area contributed by atoms with Crippen LogP contribution >= 0.6 is 9.90 Å². The van der Waals surface area contributed by atoms with Crippen LogP contribution in [0.25, 0.3) is 0 Å². The molecule has 0 aliphatic carbocycles. The summed E-state index contributed by atoms with van der Waals surface area (Å²) < 4.78 is 0. The van der Waals surface area contributed by atoms with E-state index in [1.807, 2.05) is 0 Å². The van der Waals surface area contributed by atoms with E-state index in [4.69, 9.17) is 19.2 Å². The third-order valence-corrected chi connectivity index (χ3v) is 0. The first-order chi connectivity index (χ1) is 2.00. The largest absolute Gasteiger partial charge is 0.668 e. The van der Waals surface area contributed by atoms with Crippen LogP contribution < -0.4 is 0 Å². The third kappa shape index (κ3) is 125. The van der Waals surface area contributed by atoms with E-state index in [9.17, 15) is 0 Å². The van der Waals surface area contributed by atoms with Crippen molar-refractivity contribution in [2.24, 2.45) is 0 Å². The van der Waals surface area contributed by atoms with Crippen molar-refractivity contribution >= 4 is 36.3 Å². The minimum Gasteiger partial charge on any atom is -0.368 e. The van der Waals surface area contributed by atoms with Gasteiger partial charge >= 0.3 is 9.05 Å². The molecule has 0 fully saturated rings. The van der Waals surface area contributed by atoms with E-state index in [2.05, 4.69) is 0 Å². The second-order valence-electron chi connectivity index (χ2n) is 0.600. The maximum atomic E-state index is 7.33. The first kappa shape index (κ1) is 22.6. The van der Waals surface area contributed by atoms with Crippen LogP contribution in [0.15, 0.2) is 0 Å². The smallest absolute Gasteiger partial charge is 0.368 e. The van der Waals surface area contributed by atoms with Crippen LogP contribution in [-0.4, -0.2) is 45.6 Å². The molecule has 0 spiro atoms. The zero-order chi connectivity index (χ0) is 4.50. The van der Waals surface area contributed by atoms with E-state index in [1.165, 1.54) is 0 Å². The minimum absolute atomic E-state index is 0. The molecule has 0 aliphatic rings. The molecule has 0 aromatic heterocycles. The van der Waals surface area contributed by atoms with Crippen molar-refractivity contribution in [2.45, 2.75) is 0 Å². The quantitative estimate of drug-likeness (QED) is 0.252. The van der Waals surface area contributed by atoms with Gasteiger partial charge in [-0.3, -0.25) is 0 Å². The van der Waals surface area contributed by atoms with Gasteiger partial charge in [-0.1, -0.05) is 0 Å².